The van der Waals surface area contributed by atoms with Crippen molar-refractivity contribution in [3.8, 4) is 0 Å². The van der Waals surface area contributed by atoms with Crippen molar-refractivity contribution in [1.82, 2.24) is 19.4 Å². The zero-order chi connectivity index (χ0) is 7.52. The smallest absolute Gasteiger partial charge is 0.489 e. The van der Waals surface area contributed by atoms with Gasteiger partial charge in [-0.25, -0.2) is 10.2 Å². The topological polar surface area (TPSA) is 35.6 Å². The Labute approximate surface area is 81.3 Å². The molecule has 0 aliphatic rings. The molecule has 0 aromatic carbocycles. The first kappa shape index (κ1) is 9.10. The SMILES string of the molecule is [B-](n1cccn1)n1cccn1.[Cu+]. The Balaban J connectivity index is 0.000000720. The molecule has 0 bridgehead atoms. The van der Waals surface area contributed by atoms with E-state index >= 15 is 0 Å². The average Bonchev–Trinajstić information content (AvgIpc) is 2.60. The van der Waals surface area contributed by atoms with Gasteiger partial charge in [0, 0.05) is 12.4 Å². The first-order valence-electron chi connectivity index (χ1n) is 3.28. The standard InChI is InChI=1S/C6H6BN4.Cu/c1-3-8-10(5-1)7-11-6-2-4-9-11;/h1-6H;/q-1;+1. The zero-order valence-corrected chi connectivity index (χ0v) is 7.07. The summed E-state index contributed by atoms with van der Waals surface area (Å²) in [6.45, 7) is 0. The van der Waals surface area contributed by atoms with Gasteiger partial charge >= 0.3 is 17.1 Å². The van der Waals surface area contributed by atoms with E-state index in [1.165, 1.54) is 0 Å². The maximum atomic E-state index is 3.99. The quantitative estimate of drug-likeness (QED) is 0.652. The number of aromatic nitrogens is 4. The first-order valence-corrected chi connectivity index (χ1v) is 3.28. The second-order valence-electron chi connectivity index (χ2n) is 2.09. The molecule has 2 aromatic heterocycles. The number of nitrogens with zero attached hydrogens (tertiary/aromatic N) is 4. The van der Waals surface area contributed by atoms with Crippen LogP contribution in [0.3, 0.4) is 0 Å². The van der Waals surface area contributed by atoms with Crippen molar-refractivity contribution in [2.45, 2.75) is 0 Å². The van der Waals surface area contributed by atoms with Crippen molar-refractivity contribution in [1.29, 1.82) is 0 Å². The van der Waals surface area contributed by atoms with Crippen molar-refractivity contribution < 1.29 is 17.1 Å². The zero-order valence-electron chi connectivity index (χ0n) is 6.13. The average molecular weight is 208 g/mol. The summed E-state index contributed by atoms with van der Waals surface area (Å²) < 4.78 is 3.38. The molecule has 2 heterocycles. The van der Waals surface area contributed by atoms with Gasteiger partial charge in [0.1, 0.15) is 0 Å². The number of hydrogen-bond donors (Lipinski definition) is 0. The van der Waals surface area contributed by atoms with Gasteiger partial charge in [0.15, 0.2) is 0 Å². The van der Waals surface area contributed by atoms with Crippen LogP contribution in [0.15, 0.2) is 36.9 Å². The molecule has 0 atom stereocenters. The van der Waals surface area contributed by atoms with E-state index in [9.17, 15) is 0 Å². The van der Waals surface area contributed by atoms with Crippen LogP contribution in [0.1, 0.15) is 0 Å². The van der Waals surface area contributed by atoms with E-state index in [1.807, 2.05) is 24.5 Å². The molecular weight excluding hydrogens is 202 g/mol. The van der Waals surface area contributed by atoms with Crippen LogP contribution in [0.5, 0.6) is 0 Å². The predicted molar refractivity (Wildman–Crippen MR) is 41.0 cm³/mol. The Morgan fingerprint density at radius 1 is 0.917 bits per heavy atom. The molecule has 2 radical (unpaired) electrons. The van der Waals surface area contributed by atoms with Gasteiger partial charge in [0.05, 0.1) is 0 Å². The van der Waals surface area contributed by atoms with Crippen molar-refractivity contribution in [3.05, 3.63) is 36.9 Å². The molecule has 64 valence electrons. The van der Waals surface area contributed by atoms with Crippen molar-refractivity contribution >= 4 is 7.55 Å². The molecule has 0 aliphatic carbocycles. The first-order chi connectivity index (χ1) is 5.45. The Hall–Kier alpha value is -0.996. The van der Waals surface area contributed by atoms with E-state index in [4.69, 9.17) is 0 Å². The fraction of sp³-hybridized carbons (Fsp3) is 0. The summed E-state index contributed by atoms with van der Waals surface area (Å²) in [6, 6.07) is 3.72. The van der Waals surface area contributed by atoms with E-state index in [0.29, 0.717) is 0 Å². The summed E-state index contributed by atoms with van der Waals surface area (Å²) in [7, 11) is 1.78. The maximum Gasteiger partial charge on any atom is 1.00 e. The molecule has 6 heteroatoms. The third kappa shape index (κ3) is 2.00. The van der Waals surface area contributed by atoms with Gasteiger partial charge in [0.25, 0.3) is 0 Å². The van der Waals surface area contributed by atoms with Crippen LogP contribution in [0.25, 0.3) is 0 Å². The largest absolute Gasteiger partial charge is 1.00 e. The Bertz CT molecular complexity index is 272. The number of hydrogen-bond acceptors (Lipinski definition) is 2. The van der Waals surface area contributed by atoms with Crippen LogP contribution in [-0.2, 0) is 17.1 Å². The molecule has 0 saturated carbocycles. The second kappa shape index (κ2) is 4.14. The summed E-state index contributed by atoms with van der Waals surface area (Å²) in [4.78, 5) is 0. The minimum atomic E-state index is 0. The molecule has 0 saturated heterocycles. The molecule has 0 aliphatic heterocycles. The molecule has 0 spiro atoms. The molecule has 2 aromatic rings. The summed E-state index contributed by atoms with van der Waals surface area (Å²) in [5.74, 6) is 0. The predicted octanol–water partition coefficient (Wildman–Crippen LogP) is 0.00770. The van der Waals surface area contributed by atoms with Crippen LogP contribution in [0.2, 0.25) is 0 Å². The van der Waals surface area contributed by atoms with Crippen LogP contribution < -0.4 is 0 Å². The van der Waals surface area contributed by atoms with E-state index in [1.54, 1.807) is 29.1 Å². The van der Waals surface area contributed by atoms with Gasteiger partial charge in [-0.2, -0.15) is 0 Å². The summed E-state index contributed by atoms with van der Waals surface area (Å²) in [6.07, 6.45) is 7.14. The van der Waals surface area contributed by atoms with E-state index in [2.05, 4.69) is 10.2 Å². The monoisotopic (exact) mass is 208 g/mol. The van der Waals surface area contributed by atoms with Crippen molar-refractivity contribution in [3.63, 3.8) is 0 Å². The van der Waals surface area contributed by atoms with E-state index in [-0.39, 0.29) is 17.1 Å². The molecular formula is C6H6BCuN4. The van der Waals surface area contributed by atoms with Gasteiger partial charge < -0.3 is 9.19 Å². The minimum Gasteiger partial charge on any atom is -0.489 e. The van der Waals surface area contributed by atoms with E-state index in [0.717, 1.165) is 0 Å². The van der Waals surface area contributed by atoms with Crippen LogP contribution in [-0.4, -0.2) is 26.9 Å². The molecule has 12 heavy (non-hydrogen) atoms. The second-order valence-corrected chi connectivity index (χ2v) is 2.09. The van der Waals surface area contributed by atoms with Crippen LogP contribution in [0.4, 0.5) is 0 Å². The normalized spacial score (nSPS) is 9.33. The summed E-state index contributed by atoms with van der Waals surface area (Å²) >= 11 is 0. The van der Waals surface area contributed by atoms with Gasteiger partial charge in [-0.05, 0) is 32.1 Å². The van der Waals surface area contributed by atoms with Gasteiger partial charge in [-0.1, -0.05) is 0 Å². The summed E-state index contributed by atoms with van der Waals surface area (Å²) in [5, 5.41) is 7.98. The fourth-order valence-corrected chi connectivity index (χ4v) is 0.819. The molecule has 0 amide bonds. The minimum absolute atomic E-state index is 0. The van der Waals surface area contributed by atoms with Crippen molar-refractivity contribution in [2.24, 2.45) is 0 Å². The maximum absolute atomic E-state index is 3.99. The third-order valence-corrected chi connectivity index (χ3v) is 1.29. The molecule has 2 rings (SSSR count). The van der Waals surface area contributed by atoms with E-state index < -0.39 is 0 Å². The third-order valence-electron chi connectivity index (χ3n) is 1.29. The fourth-order valence-electron chi connectivity index (χ4n) is 0.819. The Morgan fingerprint density at radius 3 is 1.75 bits per heavy atom. The van der Waals surface area contributed by atoms with Gasteiger partial charge in [-0.3, -0.25) is 0 Å². The Morgan fingerprint density at radius 2 is 1.42 bits per heavy atom. The molecule has 0 unspecified atom stereocenters. The van der Waals surface area contributed by atoms with Gasteiger partial charge in [-0.15, -0.1) is 0 Å². The van der Waals surface area contributed by atoms with Crippen LogP contribution >= 0.6 is 0 Å². The molecule has 4 nitrogen and oxygen atoms in total. The summed E-state index contributed by atoms with van der Waals surface area (Å²) in [5.41, 5.74) is 0. The Kier molecular flexibility index (Phi) is 3.13. The number of rotatable bonds is 2. The van der Waals surface area contributed by atoms with Crippen LogP contribution in [0, 0.1) is 0 Å². The molecule has 0 fully saturated rings. The van der Waals surface area contributed by atoms with Gasteiger partial charge in [0.2, 0.25) is 0 Å². The van der Waals surface area contributed by atoms with Crippen molar-refractivity contribution in [2.75, 3.05) is 0 Å². The molecule has 0 N–H and O–H groups in total.